The number of para-hydroxylation sites is 1. The van der Waals surface area contributed by atoms with Crippen molar-refractivity contribution in [3.05, 3.63) is 35.5 Å². The molecule has 0 spiro atoms. The number of carbonyl (C=O) groups is 2. The van der Waals surface area contributed by atoms with Crippen LogP contribution in [0.5, 0.6) is 0 Å². The van der Waals surface area contributed by atoms with Crippen molar-refractivity contribution >= 4 is 22.8 Å². The largest absolute Gasteiger partial charge is 0.466 e. The topological polar surface area (TPSA) is 68.4 Å². The number of nitrogens with one attached hydrogen (secondary N) is 1. The molecule has 2 rings (SSSR count). The minimum Gasteiger partial charge on any atom is -0.466 e. The molecule has 0 amide bonds. The molecule has 1 N–H and O–H groups in total. The molecule has 0 aliphatic carbocycles. The van der Waals surface area contributed by atoms with Crippen LogP contribution in [0.1, 0.15) is 23.0 Å². The van der Waals surface area contributed by atoms with Crippen molar-refractivity contribution in [3.8, 4) is 0 Å². The lowest BCUT2D eigenvalue weighted by atomic mass is 10.1. The van der Waals surface area contributed by atoms with E-state index < -0.39 is 5.97 Å². The lowest BCUT2D eigenvalue weighted by Crippen LogP contribution is -2.11. The third-order valence-corrected chi connectivity index (χ3v) is 2.83. The quantitative estimate of drug-likeness (QED) is 0.855. The maximum absolute atomic E-state index is 11.7. The predicted octanol–water partition coefficient (Wildman–Crippen LogP) is 2.06. The van der Waals surface area contributed by atoms with E-state index in [1.807, 2.05) is 24.3 Å². The van der Waals surface area contributed by atoms with Crippen molar-refractivity contribution < 1.29 is 19.1 Å². The predicted molar refractivity (Wildman–Crippen MR) is 70.0 cm³/mol. The van der Waals surface area contributed by atoms with Crippen molar-refractivity contribution in [2.45, 2.75) is 13.3 Å². The maximum atomic E-state index is 11.7. The van der Waals surface area contributed by atoms with Crippen molar-refractivity contribution in [1.29, 1.82) is 0 Å². The standard InChI is InChI=1S/C14H15NO4/c1-3-19-12(16)8-10-9-6-4-5-7-11(9)15-13(10)14(17)18-2/h4-7,15H,3,8H2,1-2H3. The summed E-state index contributed by atoms with van der Waals surface area (Å²) in [6.07, 6.45) is 0.0439. The molecule has 1 aromatic carbocycles. The summed E-state index contributed by atoms with van der Waals surface area (Å²) in [5.41, 5.74) is 1.71. The highest BCUT2D eigenvalue weighted by atomic mass is 16.5. The smallest absolute Gasteiger partial charge is 0.354 e. The van der Waals surface area contributed by atoms with Gasteiger partial charge in [0, 0.05) is 16.5 Å². The molecule has 0 saturated carbocycles. The number of rotatable bonds is 4. The van der Waals surface area contributed by atoms with Crippen LogP contribution in [0.15, 0.2) is 24.3 Å². The number of aromatic nitrogens is 1. The van der Waals surface area contributed by atoms with Crippen LogP contribution in [-0.2, 0) is 20.7 Å². The fraction of sp³-hybridized carbons (Fsp3) is 0.286. The van der Waals surface area contributed by atoms with Gasteiger partial charge in [-0.05, 0) is 13.0 Å². The first-order chi connectivity index (χ1) is 9.17. The fourth-order valence-electron chi connectivity index (χ4n) is 2.02. The Kier molecular flexibility index (Phi) is 3.85. The third-order valence-electron chi connectivity index (χ3n) is 2.83. The van der Waals surface area contributed by atoms with Gasteiger partial charge >= 0.3 is 11.9 Å². The van der Waals surface area contributed by atoms with Crippen LogP contribution in [0.2, 0.25) is 0 Å². The zero-order chi connectivity index (χ0) is 13.8. The normalized spacial score (nSPS) is 10.4. The number of esters is 2. The maximum Gasteiger partial charge on any atom is 0.354 e. The van der Waals surface area contributed by atoms with Gasteiger partial charge in [-0.25, -0.2) is 4.79 Å². The van der Waals surface area contributed by atoms with Gasteiger partial charge in [0.15, 0.2) is 0 Å². The summed E-state index contributed by atoms with van der Waals surface area (Å²) in [5.74, 6) is -0.854. The molecule has 0 unspecified atom stereocenters. The van der Waals surface area contributed by atoms with E-state index in [0.29, 0.717) is 17.9 Å². The summed E-state index contributed by atoms with van der Waals surface area (Å²) in [4.78, 5) is 26.3. The molecule has 0 aliphatic heterocycles. The van der Waals surface area contributed by atoms with Gasteiger partial charge in [0.1, 0.15) is 5.69 Å². The van der Waals surface area contributed by atoms with Gasteiger partial charge in [-0.2, -0.15) is 0 Å². The van der Waals surface area contributed by atoms with Crippen molar-refractivity contribution in [2.75, 3.05) is 13.7 Å². The van der Waals surface area contributed by atoms with E-state index in [9.17, 15) is 9.59 Å². The molecular formula is C14H15NO4. The van der Waals surface area contributed by atoms with Crippen LogP contribution in [0, 0.1) is 0 Å². The number of methoxy groups -OCH3 is 1. The second kappa shape index (κ2) is 5.56. The van der Waals surface area contributed by atoms with Crippen molar-refractivity contribution in [1.82, 2.24) is 4.98 Å². The van der Waals surface area contributed by atoms with E-state index >= 15 is 0 Å². The lowest BCUT2D eigenvalue weighted by Gasteiger charge is -2.03. The number of ether oxygens (including phenoxy) is 2. The number of benzene rings is 1. The number of carbonyl (C=O) groups excluding carboxylic acids is 2. The van der Waals surface area contributed by atoms with Crippen LogP contribution in [0.25, 0.3) is 10.9 Å². The summed E-state index contributed by atoms with van der Waals surface area (Å²) in [7, 11) is 1.31. The van der Waals surface area contributed by atoms with Crippen LogP contribution in [-0.4, -0.2) is 30.6 Å². The molecule has 2 aromatic rings. The Hall–Kier alpha value is -2.30. The molecule has 0 aliphatic rings. The van der Waals surface area contributed by atoms with Gasteiger partial charge in [0.25, 0.3) is 0 Å². The SMILES string of the molecule is CCOC(=O)Cc1c(C(=O)OC)[nH]c2ccccc12. The molecule has 0 bridgehead atoms. The molecule has 0 radical (unpaired) electrons. The number of hydrogen-bond acceptors (Lipinski definition) is 4. The highest BCUT2D eigenvalue weighted by Gasteiger charge is 2.20. The summed E-state index contributed by atoms with van der Waals surface area (Å²) in [6, 6.07) is 7.41. The Bertz CT molecular complexity index is 615. The molecule has 5 heteroatoms. The average molecular weight is 261 g/mol. The zero-order valence-electron chi connectivity index (χ0n) is 10.9. The van der Waals surface area contributed by atoms with Crippen molar-refractivity contribution in [2.24, 2.45) is 0 Å². The molecule has 1 aromatic heterocycles. The van der Waals surface area contributed by atoms with E-state index in [2.05, 4.69) is 4.98 Å². The second-order valence-electron chi connectivity index (χ2n) is 4.00. The summed E-state index contributed by atoms with van der Waals surface area (Å²) < 4.78 is 9.65. The highest BCUT2D eigenvalue weighted by molar-refractivity contribution is 6.00. The Morgan fingerprint density at radius 3 is 2.68 bits per heavy atom. The molecular weight excluding hydrogens is 246 g/mol. The number of fused-ring (bicyclic) bond motifs is 1. The van der Waals surface area contributed by atoms with E-state index in [0.717, 1.165) is 10.9 Å². The van der Waals surface area contributed by atoms with Gasteiger partial charge in [0.2, 0.25) is 0 Å². The van der Waals surface area contributed by atoms with E-state index in [1.54, 1.807) is 6.92 Å². The molecule has 5 nitrogen and oxygen atoms in total. The first-order valence-electron chi connectivity index (χ1n) is 6.00. The van der Waals surface area contributed by atoms with E-state index in [-0.39, 0.29) is 12.4 Å². The third kappa shape index (κ3) is 2.59. The van der Waals surface area contributed by atoms with Gasteiger partial charge in [-0.15, -0.1) is 0 Å². The van der Waals surface area contributed by atoms with Gasteiger partial charge < -0.3 is 14.5 Å². The number of aromatic amines is 1. The Balaban J connectivity index is 2.48. The lowest BCUT2D eigenvalue weighted by molar-refractivity contribution is -0.142. The molecule has 0 fully saturated rings. The zero-order valence-corrected chi connectivity index (χ0v) is 10.9. The molecule has 100 valence electrons. The van der Waals surface area contributed by atoms with Crippen LogP contribution in [0.4, 0.5) is 0 Å². The Labute approximate surface area is 110 Å². The molecule has 0 saturated heterocycles. The summed E-state index contributed by atoms with van der Waals surface area (Å²) in [6.45, 7) is 2.06. The minimum atomic E-state index is -0.490. The minimum absolute atomic E-state index is 0.0439. The number of H-pyrrole nitrogens is 1. The fourth-order valence-corrected chi connectivity index (χ4v) is 2.02. The Morgan fingerprint density at radius 1 is 1.26 bits per heavy atom. The summed E-state index contributed by atoms with van der Waals surface area (Å²) in [5, 5.41) is 0.830. The molecule has 0 atom stereocenters. The first kappa shape index (κ1) is 13.1. The molecule has 19 heavy (non-hydrogen) atoms. The first-order valence-corrected chi connectivity index (χ1v) is 6.00. The average Bonchev–Trinajstić information content (AvgIpc) is 2.77. The van der Waals surface area contributed by atoms with Gasteiger partial charge in [0.05, 0.1) is 20.1 Å². The van der Waals surface area contributed by atoms with E-state index in [4.69, 9.17) is 9.47 Å². The number of hydrogen-bond donors (Lipinski definition) is 1. The Morgan fingerprint density at radius 2 is 2.00 bits per heavy atom. The van der Waals surface area contributed by atoms with Gasteiger partial charge in [-0.3, -0.25) is 4.79 Å². The van der Waals surface area contributed by atoms with E-state index in [1.165, 1.54) is 7.11 Å². The van der Waals surface area contributed by atoms with Crippen molar-refractivity contribution in [3.63, 3.8) is 0 Å². The highest BCUT2D eigenvalue weighted by Crippen LogP contribution is 2.23. The molecule has 1 heterocycles. The monoisotopic (exact) mass is 261 g/mol. The van der Waals surface area contributed by atoms with Crippen LogP contribution in [0.3, 0.4) is 0 Å². The van der Waals surface area contributed by atoms with Gasteiger partial charge in [-0.1, -0.05) is 18.2 Å². The van der Waals surface area contributed by atoms with Crippen LogP contribution < -0.4 is 0 Å². The second-order valence-corrected chi connectivity index (χ2v) is 4.00. The summed E-state index contributed by atoms with van der Waals surface area (Å²) >= 11 is 0. The van der Waals surface area contributed by atoms with Crippen LogP contribution >= 0.6 is 0 Å².